The summed E-state index contributed by atoms with van der Waals surface area (Å²) in [6.07, 6.45) is 0.786. The van der Waals surface area contributed by atoms with E-state index in [4.69, 9.17) is 0 Å². The average molecular weight is 189 g/mol. The van der Waals surface area contributed by atoms with Gasteiger partial charge in [0, 0.05) is 12.4 Å². The van der Waals surface area contributed by atoms with E-state index in [2.05, 4.69) is 0 Å². The molecule has 0 aliphatic heterocycles. The minimum absolute atomic E-state index is 0.256. The standard InChI is InChI=1S/C11H11NO2/c1-7-3-4-10-9(11(7)14)5-8(6-13)12(10)2/h3-6,14H,1-2H3. The van der Waals surface area contributed by atoms with Gasteiger partial charge >= 0.3 is 0 Å². The lowest BCUT2D eigenvalue weighted by Gasteiger charge is -2.01. The zero-order chi connectivity index (χ0) is 10.3. The molecule has 14 heavy (non-hydrogen) atoms. The van der Waals surface area contributed by atoms with Crippen molar-refractivity contribution in [1.29, 1.82) is 0 Å². The molecule has 0 fully saturated rings. The van der Waals surface area contributed by atoms with Gasteiger partial charge in [0.15, 0.2) is 6.29 Å². The number of aromatic hydroxyl groups is 1. The molecule has 0 bridgehead atoms. The molecule has 1 heterocycles. The third kappa shape index (κ3) is 1.02. The molecule has 0 spiro atoms. The van der Waals surface area contributed by atoms with Gasteiger partial charge < -0.3 is 9.67 Å². The lowest BCUT2D eigenvalue weighted by Crippen LogP contribution is -1.92. The van der Waals surface area contributed by atoms with E-state index < -0.39 is 0 Å². The van der Waals surface area contributed by atoms with Crippen LogP contribution in [0.1, 0.15) is 16.1 Å². The molecule has 0 saturated heterocycles. The zero-order valence-electron chi connectivity index (χ0n) is 8.11. The SMILES string of the molecule is Cc1ccc2c(cc(C=O)n2C)c1O. The van der Waals surface area contributed by atoms with Crippen LogP contribution in [0.3, 0.4) is 0 Å². The highest BCUT2D eigenvalue weighted by molar-refractivity contribution is 5.93. The van der Waals surface area contributed by atoms with E-state index >= 15 is 0 Å². The molecule has 0 unspecified atom stereocenters. The second kappa shape index (κ2) is 2.87. The summed E-state index contributed by atoms with van der Waals surface area (Å²) in [6.45, 7) is 1.84. The Hall–Kier alpha value is -1.77. The molecule has 0 amide bonds. The second-order valence-electron chi connectivity index (χ2n) is 3.41. The molecular formula is C11H11NO2. The van der Waals surface area contributed by atoms with Crippen LogP contribution in [0.25, 0.3) is 10.9 Å². The van der Waals surface area contributed by atoms with E-state index in [1.807, 2.05) is 19.1 Å². The fraction of sp³-hybridized carbons (Fsp3) is 0.182. The summed E-state index contributed by atoms with van der Waals surface area (Å²) < 4.78 is 1.77. The number of carbonyl (C=O) groups excluding carboxylic acids is 1. The largest absolute Gasteiger partial charge is 0.507 e. The molecule has 3 heteroatoms. The van der Waals surface area contributed by atoms with Crippen LogP contribution in [-0.4, -0.2) is 16.0 Å². The van der Waals surface area contributed by atoms with Crippen LogP contribution in [0.2, 0.25) is 0 Å². The van der Waals surface area contributed by atoms with Gasteiger partial charge in [0.05, 0.1) is 11.2 Å². The molecule has 1 aromatic carbocycles. The van der Waals surface area contributed by atoms with E-state index in [9.17, 15) is 9.90 Å². The van der Waals surface area contributed by atoms with Gasteiger partial charge in [-0.3, -0.25) is 4.79 Å². The van der Waals surface area contributed by atoms with Crippen LogP contribution in [-0.2, 0) is 7.05 Å². The molecule has 72 valence electrons. The van der Waals surface area contributed by atoms with Gasteiger partial charge in [-0.05, 0) is 24.6 Å². The van der Waals surface area contributed by atoms with Gasteiger partial charge in [0.1, 0.15) is 5.75 Å². The average Bonchev–Trinajstić information content (AvgIpc) is 2.50. The predicted molar refractivity (Wildman–Crippen MR) is 54.7 cm³/mol. The van der Waals surface area contributed by atoms with Crippen LogP contribution in [0, 0.1) is 6.92 Å². The Balaban J connectivity index is 2.91. The maximum Gasteiger partial charge on any atom is 0.166 e. The summed E-state index contributed by atoms with van der Waals surface area (Å²) >= 11 is 0. The third-order valence-corrected chi connectivity index (χ3v) is 2.56. The first-order valence-electron chi connectivity index (χ1n) is 4.38. The fourth-order valence-corrected chi connectivity index (χ4v) is 1.64. The molecule has 3 nitrogen and oxygen atoms in total. The van der Waals surface area contributed by atoms with E-state index in [1.165, 1.54) is 0 Å². The molecular weight excluding hydrogens is 178 g/mol. The molecule has 1 aromatic heterocycles. The summed E-state index contributed by atoms with van der Waals surface area (Å²) in [5, 5.41) is 10.5. The highest BCUT2D eigenvalue weighted by Gasteiger charge is 2.09. The Kier molecular flexibility index (Phi) is 1.81. The quantitative estimate of drug-likeness (QED) is 0.697. The summed E-state index contributed by atoms with van der Waals surface area (Å²) in [4.78, 5) is 10.7. The van der Waals surface area contributed by atoms with Crippen LogP contribution in [0.4, 0.5) is 0 Å². The Labute approximate surface area is 81.6 Å². The van der Waals surface area contributed by atoms with Crippen molar-refractivity contribution >= 4 is 17.2 Å². The van der Waals surface area contributed by atoms with Gasteiger partial charge in [-0.25, -0.2) is 0 Å². The number of phenols is 1. The first kappa shape index (κ1) is 8.81. The highest BCUT2D eigenvalue weighted by atomic mass is 16.3. The molecule has 1 N–H and O–H groups in total. The molecule has 2 rings (SSSR count). The number of aromatic nitrogens is 1. The van der Waals surface area contributed by atoms with Gasteiger partial charge in [-0.1, -0.05) is 6.07 Å². The number of benzene rings is 1. The zero-order valence-corrected chi connectivity index (χ0v) is 8.11. The van der Waals surface area contributed by atoms with Crippen molar-refractivity contribution in [3.63, 3.8) is 0 Å². The molecule has 0 radical (unpaired) electrons. The molecule has 0 atom stereocenters. The number of carbonyl (C=O) groups is 1. The molecule has 0 aliphatic carbocycles. The van der Waals surface area contributed by atoms with Crippen molar-refractivity contribution in [1.82, 2.24) is 4.57 Å². The first-order chi connectivity index (χ1) is 6.65. The number of nitrogens with zero attached hydrogens (tertiary/aromatic N) is 1. The summed E-state index contributed by atoms with van der Waals surface area (Å²) in [5.74, 6) is 0.256. The number of phenolic OH excluding ortho intramolecular Hbond substituents is 1. The minimum atomic E-state index is 0.256. The van der Waals surface area contributed by atoms with Gasteiger partial charge in [-0.2, -0.15) is 0 Å². The lowest BCUT2D eigenvalue weighted by atomic mass is 10.1. The maximum absolute atomic E-state index is 10.7. The first-order valence-corrected chi connectivity index (χ1v) is 4.38. The summed E-state index contributed by atoms with van der Waals surface area (Å²) in [5.41, 5.74) is 2.26. The molecule has 0 saturated carbocycles. The molecule has 2 aromatic rings. The predicted octanol–water partition coefficient (Wildman–Crippen LogP) is 2.00. The topological polar surface area (TPSA) is 42.2 Å². The number of hydrogen-bond acceptors (Lipinski definition) is 2. The van der Waals surface area contributed by atoms with Crippen molar-refractivity contribution in [2.24, 2.45) is 7.05 Å². The van der Waals surface area contributed by atoms with Crippen LogP contribution >= 0.6 is 0 Å². The highest BCUT2D eigenvalue weighted by Crippen LogP contribution is 2.29. The Morgan fingerprint density at radius 2 is 2.14 bits per heavy atom. The lowest BCUT2D eigenvalue weighted by molar-refractivity contribution is 0.111. The smallest absolute Gasteiger partial charge is 0.166 e. The second-order valence-corrected chi connectivity index (χ2v) is 3.41. The Morgan fingerprint density at radius 3 is 2.79 bits per heavy atom. The number of aldehydes is 1. The van der Waals surface area contributed by atoms with Crippen molar-refractivity contribution in [3.8, 4) is 5.75 Å². The summed E-state index contributed by atoms with van der Waals surface area (Å²) in [7, 11) is 1.81. The fourth-order valence-electron chi connectivity index (χ4n) is 1.64. The van der Waals surface area contributed by atoms with E-state index in [1.54, 1.807) is 17.7 Å². The number of fused-ring (bicyclic) bond motifs is 1. The van der Waals surface area contributed by atoms with Gasteiger partial charge in [-0.15, -0.1) is 0 Å². The van der Waals surface area contributed by atoms with Crippen LogP contribution in [0.15, 0.2) is 18.2 Å². The maximum atomic E-state index is 10.7. The van der Waals surface area contributed by atoms with Gasteiger partial charge in [0.2, 0.25) is 0 Å². The Morgan fingerprint density at radius 1 is 1.43 bits per heavy atom. The van der Waals surface area contributed by atoms with Crippen LogP contribution in [0.5, 0.6) is 5.75 Å². The van der Waals surface area contributed by atoms with Gasteiger partial charge in [0.25, 0.3) is 0 Å². The van der Waals surface area contributed by atoms with E-state index in [0.29, 0.717) is 5.69 Å². The molecule has 0 aliphatic rings. The normalized spacial score (nSPS) is 10.7. The third-order valence-electron chi connectivity index (χ3n) is 2.56. The number of rotatable bonds is 1. The number of hydrogen-bond donors (Lipinski definition) is 1. The summed E-state index contributed by atoms with van der Waals surface area (Å²) in [6, 6.07) is 5.44. The monoisotopic (exact) mass is 189 g/mol. The van der Waals surface area contributed by atoms with E-state index in [-0.39, 0.29) is 5.75 Å². The van der Waals surface area contributed by atoms with Crippen molar-refractivity contribution in [3.05, 3.63) is 29.5 Å². The van der Waals surface area contributed by atoms with E-state index in [0.717, 1.165) is 22.8 Å². The van der Waals surface area contributed by atoms with Crippen molar-refractivity contribution in [2.75, 3.05) is 0 Å². The van der Waals surface area contributed by atoms with Crippen molar-refractivity contribution in [2.45, 2.75) is 6.92 Å². The minimum Gasteiger partial charge on any atom is -0.507 e. The van der Waals surface area contributed by atoms with Crippen molar-refractivity contribution < 1.29 is 9.90 Å². The van der Waals surface area contributed by atoms with Crippen LogP contribution < -0.4 is 0 Å². The Bertz CT molecular complexity index is 511. The number of aryl methyl sites for hydroxylation is 2.